The average Bonchev–Trinajstić information content (AvgIpc) is 2.59. The van der Waals surface area contributed by atoms with Gasteiger partial charge in [0.15, 0.2) is 6.61 Å². The quantitative estimate of drug-likeness (QED) is 0.645. The van der Waals surface area contributed by atoms with Gasteiger partial charge in [-0.05, 0) is 38.1 Å². The fourth-order valence-electron chi connectivity index (χ4n) is 2.26. The van der Waals surface area contributed by atoms with Gasteiger partial charge in [-0.2, -0.15) is 0 Å². The van der Waals surface area contributed by atoms with Crippen LogP contribution in [-0.2, 0) is 19.1 Å². The number of amides is 2. The summed E-state index contributed by atoms with van der Waals surface area (Å²) in [5.41, 5.74) is 0.407. The third kappa shape index (κ3) is 5.48. The minimum Gasteiger partial charge on any atom is -0.482 e. The van der Waals surface area contributed by atoms with E-state index in [9.17, 15) is 14.4 Å². The lowest BCUT2D eigenvalue weighted by Gasteiger charge is -2.26. The lowest BCUT2D eigenvalue weighted by Crippen LogP contribution is -2.50. The lowest BCUT2D eigenvalue weighted by atomic mass is 10.0. The molecular weight excluding hydrogens is 408 g/mol. The molecule has 0 saturated heterocycles. The Labute approximate surface area is 159 Å². The highest BCUT2D eigenvalue weighted by atomic mass is 79.9. The smallest absolute Gasteiger partial charge is 0.344 e. The molecule has 2 rings (SSSR count). The maximum atomic E-state index is 12.1. The molecule has 1 heterocycles. The molecule has 1 aromatic carbocycles. The van der Waals surface area contributed by atoms with E-state index in [0.717, 1.165) is 4.47 Å². The van der Waals surface area contributed by atoms with E-state index >= 15 is 0 Å². The molecule has 0 unspecified atom stereocenters. The van der Waals surface area contributed by atoms with Gasteiger partial charge in [0.25, 0.3) is 0 Å². The fraction of sp³-hybridized carbons (Fsp3) is 0.353. The van der Waals surface area contributed by atoms with Crippen LogP contribution in [0.3, 0.4) is 0 Å². The average molecular weight is 427 g/mol. The summed E-state index contributed by atoms with van der Waals surface area (Å²) in [6.07, 6.45) is 0. The van der Waals surface area contributed by atoms with Gasteiger partial charge < -0.3 is 24.8 Å². The molecule has 0 radical (unpaired) electrons. The number of ether oxygens (including phenoxy) is 3. The summed E-state index contributed by atoms with van der Waals surface area (Å²) in [4.78, 5) is 35.6. The van der Waals surface area contributed by atoms with Gasteiger partial charge in [-0.15, -0.1) is 0 Å². The van der Waals surface area contributed by atoms with Crippen molar-refractivity contribution in [1.29, 1.82) is 0 Å². The van der Waals surface area contributed by atoms with Gasteiger partial charge in [-0.3, -0.25) is 0 Å². The van der Waals surface area contributed by atoms with Crippen molar-refractivity contribution in [2.45, 2.75) is 19.9 Å². The Balaban J connectivity index is 1.96. The van der Waals surface area contributed by atoms with Crippen molar-refractivity contribution in [3.63, 3.8) is 0 Å². The van der Waals surface area contributed by atoms with E-state index in [1.807, 2.05) is 0 Å². The maximum Gasteiger partial charge on any atom is 0.344 e. The van der Waals surface area contributed by atoms with E-state index in [0.29, 0.717) is 5.75 Å². The molecule has 1 atom stereocenters. The highest BCUT2D eigenvalue weighted by Gasteiger charge is 2.30. The van der Waals surface area contributed by atoms with Crippen LogP contribution >= 0.6 is 15.9 Å². The Morgan fingerprint density at radius 1 is 1.19 bits per heavy atom. The summed E-state index contributed by atoms with van der Waals surface area (Å²) in [5.74, 6) is -0.700. The summed E-state index contributed by atoms with van der Waals surface area (Å²) in [5, 5.41) is 5.04. The number of carbonyl (C=O) groups is 3. The van der Waals surface area contributed by atoms with Crippen LogP contribution in [-0.4, -0.2) is 43.8 Å². The molecule has 1 aromatic rings. The van der Waals surface area contributed by atoms with Gasteiger partial charge in [0.1, 0.15) is 12.4 Å². The first kappa shape index (κ1) is 19.8. The zero-order chi connectivity index (χ0) is 19.1. The number of halogens is 1. The second-order valence-electron chi connectivity index (χ2n) is 5.34. The van der Waals surface area contributed by atoms with Crippen molar-refractivity contribution < 1.29 is 28.6 Å². The van der Waals surface area contributed by atoms with E-state index in [-0.39, 0.29) is 31.1 Å². The summed E-state index contributed by atoms with van der Waals surface area (Å²) in [7, 11) is 0. The molecule has 8 nitrogen and oxygen atoms in total. The standard InChI is InChI=1S/C17H19BrN2O6/c1-3-24-16(22)15-10(2)19-17(23)20-13(15)8-26-14(21)9-25-12-6-4-11(18)5-7-12/h4-7,10H,3,8-9H2,1-2H3,(H2,19,20,23)/t10-/m1/s1. The number of rotatable bonds is 7. The normalized spacial score (nSPS) is 16.4. The fourth-order valence-corrected chi connectivity index (χ4v) is 2.53. The Bertz CT molecular complexity index is 716. The monoisotopic (exact) mass is 426 g/mol. The summed E-state index contributed by atoms with van der Waals surface area (Å²) in [6.45, 7) is 2.94. The van der Waals surface area contributed by atoms with Crippen molar-refractivity contribution in [2.75, 3.05) is 19.8 Å². The molecule has 26 heavy (non-hydrogen) atoms. The second-order valence-corrected chi connectivity index (χ2v) is 6.25. The second kappa shape index (κ2) is 9.23. The van der Waals surface area contributed by atoms with Crippen LogP contribution in [0.4, 0.5) is 4.79 Å². The van der Waals surface area contributed by atoms with Gasteiger partial charge in [0.05, 0.1) is 23.9 Å². The molecule has 1 aliphatic rings. The van der Waals surface area contributed by atoms with Crippen LogP contribution in [0, 0.1) is 0 Å². The van der Waals surface area contributed by atoms with Gasteiger partial charge in [-0.1, -0.05) is 15.9 Å². The highest BCUT2D eigenvalue weighted by molar-refractivity contribution is 9.10. The van der Waals surface area contributed by atoms with Crippen molar-refractivity contribution in [2.24, 2.45) is 0 Å². The molecule has 1 aliphatic heterocycles. The molecular formula is C17H19BrN2O6. The maximum absolute atomic E-state index is 12.1. The summed E-state index contributed by atoms with van der Waals surface area (Å²) >= 11 is 3.30. The van der Waals surface area contributed by atoms with E-state index in [1.165, 1.54) is 0 Å². The zero-order valence-corrected chi connectivity index (χ0v) is 15.9. The summed E-state index contributed by atoms with van der Waals surface area (Å²) < 4.78 is 16.3. The molecule has 2 N–H and O–H groups in total. The Kier molecular flexibility index (Phi) is 7.02. The minimum atomic E-state index is -0.635. The third-order valence-corrected chi connectivity index (χ3v) is 3.94. The molecule has 0 spiro atoms. The van der Waals surface area contributed by atoms with Crippen LogP contribution in [0.15, 0.2) is 40.0 Å². The van der Waals surface area contributed by atoms with Crippen LogP contribution < -0.4 is 15.4 Å². The van der Waals surface area contributed by atoms with Gasteiger partial charge >= 0.3 is 18.0 Å². The van der Waals surface area contributed by atoms with Crippen molar-refractivity contribution in [3.8, 4) is 5.75 Å². The molecule has 0 saturated carbocycles. The highest BCUT2D eigenvalue weighted by Crippen LogP contribution is 2.17. The lowest BCUT2D eigenvalue weighted by molar-refractivity contribution is -0.145. The van der Waals surface area contributed by atoms with Crippen LogP contribution in [0.5, 0.6) is 5.75 Å². The predicted molar refractivity (Wildman–Crippen MR) is 95.4 cm³/mol. The number of hydrogen-bond donors (Lipinski definition) is 2. The van der Waals surface area contributed by atoms with E-state index in [2.05, 4.69) is 26.6 Å². The van der Waals surface area contributed by atoms with Crippen LogP contribution in [0.1, 0.15) is 13.8 Å². The molecule has 0 aliphatic carbocycles. The SMILES string of the molecule is CCOC(=O)C1=C(COC(=O)COc2ccc(Br)cc2)NC(=O)N[C@@H]1C. The zero-order valence-electron chi connectivity index (χ0n) is 14.3. The van der Waals surface area contributed by atoms with Crippen molar-refractivity contribution >= 4 is 33.9 Å². The molecule has 140 valence electrons. The van der Waals surface area contributed by atoms with E-state index < -0.39 is 24.0 Å². The number of hydrogen-bond acceptors (Lipinski definition) is 6. The first-order chi connectivity index (χ1) is 12.4. The summed E-state index contributed by atoms with van der Waals surface area (Å²) in [6, 6.07) is 5.92. The molecule has 0 aromatic heterocycles. The largest absolute Gasteiger partial charge is 0.482 e. The minimum absolute atomic E-state index is 0.191. The van der Waals surface area contributed by atoms with Crippen molar-refractivity contribution in [3.05, 3.63) is 40.0 Å². The number of esters is 2. The van der Waals surface area contributed by atoms with Gasteiger partial charge in [0.2, 0.25) is 0 Å². The molecule has 0 fully saturated rings. The first-order valence-corrected chi connectivity index (χ1v) is 8.71. The van der Waals surface area contributed by atoms with E-state index in [4.69, 9.17) is 14.2 Å². The molecule has 0 bridgehead atoms. The van der Waals surface area contributed by atoms with Crippen LogP contribution in [0.2, 0.25) is 0 Å². The number of carbonyl (C=O) groups excluding carboxylic acids is 3. The van der Waals surface area contributed by atoms with Gasteiger partial charge in [0, 0.05) is 4.47 Å². The number of urea groups is 1. The predicted octanol–water partition coefficient (Wildman–Crippen LogP) is 1.89. The van der Waals surface area contributed by atoms with E-state index in [1.54, 1.807) is 38.1 Å². The Morgan fingerprint density at radius 2 is 1.88 bits per heavy atom. The topological polar surface area (TPSA) is 103 Å². The Morgan fingerprint density at radius 3 is 2.54 bits per heavy atom. The first-order valence-electron chi connectivity index (χ1n) is 7.92. The van der Waals surface area contributed by atoms with Crippen molar-refractivity contribution in [1.82, 2.24) is 10.6 Å². The number of benzene rings is 1. The third-order valence-electron chi connectivity index (χ3n) is 3.41. The molecule has 9 heteroatoms. The van der Waals surface area contributed by atoms with Crippen LogP contribution in [0.25, 0.3) is 0 Å². The van der Waals surface area contributed by atoms with Gasteiger partial charge in [-0.25, -0.2) is 14.4 Å². The number of nitrogens with one attached hydrogen (secondary N) is 2. The molecule has 2 amide bonds. The Hall–Kier alpha value is -2.55.